The standard InChI is InChI=1S/C15H28N2/c1-4-5-6-7-8-9-12-17-13-10-11-15(17)14(2)16-3/h10-11,13-14,16H,4-9,12H2,1-3H3. The predicted molar refractivity (Wildman–Crippen MR) is 75.3 cm³/mol. The van der Waals surface area contributed by atoms with Gasteiger partial charge in [-0.05, 0) is 32.5 Å². The molecule has 0 amide bonds. The SMILES string of the molecule is CCCCCCCCn1cccc1C(C)NC. The molecular formula is C15H28N2. The summed E-state index contributed by atoms with van der Waals surface area (Å²) in [4.78, 5) is 0. The maximum Gasteiger partial charge on any atom is 0.0443 e. The molecule has 0 bridgehead atoms. The summed E-state index contributed by atoms with van der Waals surface area (Å²) in [7, 11) is 2.02. The maximum absolute atomic E-state index is 3.31. The zero-order valence-electron chi connectivity index (χ0n) is 11.7. The van der Waals surface area contributed by atoms with Gasteiger partial charge in [0.2, 0.25) is 0 Å². The molecule has 0 aliphatic rings. The van der Waals surface area contributed by atoms with E-state index in [9.17, 15) is 0 Å². The summed E-state index contributed by atoms with van der Waals surface area (Å²) < 4.78 is 2.39. The third-order valence-corrected chi connectivity index (χ3v) is 3.49. The molecule has 0 aliphatic carbocycles. The fourth-order valence-electron chi connectivity index (χ4n) is 2.23. The number of rotatable bonds is 9. The van der Waals surface area contributed by atoms with Crippen LogP contribution >= 0.6 is 0 Å². The molecule has 1 N–H and O–H groups in total. The van der Waals surface area contributed by atoms with Gasteiger partial charge in [-0.3, -0.25) is 0 Å². The van der Waals surface area contributed by atoms with Crippen molar-refractivity contribution in [3.63, 3.8) is 0 Å². The average molecular weight is 236 g/mol. The van der Waals surface area contributed by atoms with Crippen molar-refractivity contribution in [1.29, 1.82) is 0 Å². The highest BCUT2D eigenvalue weighted by Crippen LogP contribution is 2.14. The van der Waals surface area contributed by atoms with Crippen molar-refractivity contribution in [1.82, 2.24) is 9.88 Å². The Morgan fingerprint density at radius 3 is 2.59 bits per heavy atom. The summed E-state index contributed by atoms with van der Waals surface area (Å²) >= 11 is 0. The number of hydrogen-bond donors (Lipinski definition) is 1. The molecule has 1 aromatic heterocycles. The smallest absolute Gasteiger partial charge is 0.0443 e. The van der Waals surface area contributed by atoms with Crippen LogP contribution in [0.1, 0.15) is 64.1 Å². The van der Waals surface area contributed by atoms with Crippen LogP contribution in [0.3, 0.4) is 0 Å². The number of aryl methyl sites for hydroxylation is 1. The summed E-state index contributed by atoms with van der Waals surface area (Å²) in [5, 5.41) is 3.31. The predicted octanol–water partition coefficient (Wildman–Crippen LogP) is 4.13. The van der Waals surface area contributed by atoms with Crippen LogP contribution in [0, 0.1) is 0 Å². The second-order valence-corrected chi connectivity index (χ2v) is 4.90. The Morgan fingerprint density at radius 2 is 1.88 bits per heavy atom. The van der Waals surface area contributed by atoms with Gasteiger partial charge in [0.05, 0.1) is 0 Å². The average Bonchev–Trinajstić information content (AvgIpc) is 2.81. The van der Waals surface area contributed by atoms with Crippen molar-refractivity contribution in [2.45, 2.75) is 65.0 Å². The molecule has 1 rings (SSSR count). The van der Waals surface area contributed by atoms with Crippen molar-refractivity contribution in [2.75, 3.05) is 7.05 Å². The molecule has 2 nitrogen and oxygen atoms in total. The molecule has 98 valence electrons. The van der Waals surface area contributed by atoms with Crippen LogP contribution in [0.15, 0.2) is 18.3 Å². The lowest BCUT2D eigenvalue weighted by molar-refractivity contribution is 0.522. The summed E-state index contributed by atoms with van der Waals surface area (Å²) in [6, 6.07) is 4.82. The lowest BCUT2D eigenvalue weighted by atomic mass is 10.1. The molecule has 0 fully saturated rings. The highest BCUT2D eigenvalue weighted by atomic mass is 15.0. The Kier molecular flexibility index (Phi) is 7.02. The van der Waals surface area contributed by atoms with Crippen LogP contribution in [-0.4, -0.2) is 11.6 Å². The maximum atomic E-state index is 3.31. The first-order chi connectivity index (χ1) is 8.29. The van der Waals surface area contributed by atoms with E-state index in [1.165, 1.54) is 50.8 Å². The first kappa shape index (κ1) is 14.3. The van der Waals surface area contributed by atoms with E-state index in [-0.39, 0.29) is 0 Å². The van der Waals surface area contributed by atoms with E-state index in [4.69, 9.17) is 0 Å². The minimum atomic E-state index is 0.449. The number of hydrogen-bond acceptors (Lipinski definition) is 1. The zero-order valence-corrected chi connectivity index (χ0v) is 11.7. The van der Waals surface area contributed by atoms with Crippen LogP contribution < -0.4 is 5.32 Å². The summed E-state index contributed by atoms with van der Waals surface area (Å²) in [5.74, 6) is 0. The number of unbranched alkanes of at least 4 members (excludes halogenated alkanes) is 5. The second-order valence-electron chi connectivity index (χ2n) is 4.90. The van der Waals surface area contributed by atoms with Gasteiger partial charge in [0.25, 0.3) is 0 Å². The lowest BCUT2D eigenvalue weighted by Gasteiger charge is -2.14. The van der Waals surface area contributed by atoms with Gasteiger partial charge in [-0.25, -0.2) is 0 Å². The normalized spacial score (nSPS) is 12.9. The van der Waals surface area contributed by atoms with Crippen molar-refractivity contribution >= 4 is 0 Å². The fourth-order valence-corrected chi connectivity index (χ4v) is 2.23. The quantitative estimate of drug-likeness (QED) is 0.638. The number of nitrogens with zero attached hydrogens (tertiary/aromatic N) is 1. The van der Waals surface area contributed by atoms with Gasteiger partial charge in [0.15, 0.2) is 0 Å². The molecule has 1 atom stereocenters. The highest BCUT2D eigenvalue weighted by Gasteiger charge is 2.06. The monoisotopic (exact) mass is 236 g/mol. The minimum absolute atomic E-state index is 0.449. The highest BCUT2D eigenvalue weighted by molar-refractivity contribution is 5.11. The van der Waals surface area contributed by atoms with Gasteiger partial charge in [-0.2, -0.15) is 0 Å². The van der Waals surface area contributed by atoms with Crippen LogP contribution in [0.2, 0.25) is 0 Å². The largest absolute Gasteiger partial charge is 0.350 e. The van der Waals surface area contributed by atoms with Gasteiger partial charge in [0.1, 0.15) is 0 Å². The topological polar surface area (TPSA) is 17.0 Å². The first-order valence-corrected chi connectivity index (χ1v) is 7.12. The molecule has 0 saturated heterocycles. The third-order valence-electron chi connectivity index (χ3n) is 3.49. The van der Waals surface area contributed by atoms with Gasteiger partial charge < -0.3 is 9.88 Å². The van der Waals surface area contributed by atoms with Gasteiger partial charge >= 0.3 is 0 Å². The minimum Gasteiger partial charge on any atom is -0.350 e. The molecule has 0 aromatic carbocycles. The summed E-state index contributed by atoms with van der Waals surface area (Å²) in [5.41, 5.74) is 1.40. The Morgan fingerprint density at radius 1 is 1.18 bits per heavy atom. The van der Waals surface area contributed by atoms with Crippen LogP contribution in [0.4, 0.5) is 0 Å². The molecular weight excluding hydrogens is 208 g/mol. The Balaban J connectivity index is 2.24. The Labute approximate surface area is 106 Å². The van der Waals surface area contributed by atoms with E-state index < -0.39 is 0 Å². The van der Waals surface area contributed by atoms with Gasteiger partial charge in [-0.15, -0.1) is 0 Å². The molecule has 1 aromatic rings. The Hall–Kier alpha value is -0.760. The van der Waals surface area contributed by atoms with E-state index in [1.54, 1.807) is 0 Å². The zero-order chi connectivity index (χ0) is 12.5. The number of aromatic nitrogens is 1. The van der Waals surface area contributed by atoms with Gasteiger partial charge in [-0.1, -0.05) is 39.0 Å². The van der Waals surface area contributed by atoms with E-state index in [0.29, 0.717) is 6.04 Å². The van der Waals surface area contributed by atoms with E-state index in [2.05, 4.69) is 42.1 Å². The first-order valence-electron chi connectivity index (χ1n) is 7.12. The van der Waals surface area contributed by atoms with E-state index >= 15 is 0 Å². The van der Waals surface area contributed by atoms with E-state index in [1.807, 2.05) is 7.05 Å². The molecule has 17 heavy (non-hydrogen) atoms. The van der Waals surface area contributed by atoms with Crippen LogP contribution in [-0.2, 0) is 6.54 Å². The van der Waals surface area contributed by atoms with Crippen molar-refractivity contribution in [3.05, 3.63) is 24.0 Å². The van der Waals surface area contributed by atoms with Gasteiger partial charge in [0, 0.05) is 24.5 Å². The molecule has 0 spiro atoms. The lowest BCUT2D eigenvalue weighted by Crippen LogP contribution is -2.16. The molecule has 1 unspecified atom stereocenters. The van der Waals surface area contributed by atoms with Crippen LogP contribution in [0.25, 0.3) is 0 Å². The molecule has 1 heterocycles. The van der Waals surface area contributed by atoms with Crippen molar-refractivity contribution in [2.24, 2.45) is 0 Å². The fraction of sp³-hybridized carbons (Fsp3) is 0.733. The molecule has 0 saturated carbocycles. The molecule has 2 heteroatoms. The van der Waals surface area contributed by atoms with E-state index in [0.717, 1.165) is 0 Å². The summed E-state index contributed by atoms with van der Waals surface area (Å²) in [6.45, 7) is 5.65. The number of nitrogens with one attached hydrogen (secondary N) is 1. The van der Waals surface area contributed by atoms with Crippen molar-refractivity contribution in [3.8, 4) is 0 Å². The van der Waals surface area contributed by atoms with Crippen LogP contribution in [0.5, 0.6) is 0 Å². The molecule has 0 radical (unpaired) electrons. The van der Waals surface area contributed by atoms with Crippen molar-refractivity contribution < 1.29 is 0 Å². The Bertz CT molecular complexity index is 291. The molecule has 0 aliphatic heterocycles. The second kappa shape index (κ2) is 8.35. The summed E-state index contributed by atoms with van der Waals surface area (Å²) in [6.07, 6.45) is 10.4. The third kappa shape index (κ3) is 4.95.